The number of benzene rings is 2. The molecule has 0 spiro atoms. The van der Waals surface area contributed by atoms with Crippen LogP contribution in [0.3, 0.4) is 0 Å². The number of nitrogens with zero attached hydrogens (tertiary/aromatic N) is 4. The van der Waals surface area contributed by atoms with Crippen molar-refractivity contribution < 1.29 is 16.8 Å². The summed E-state index contributed by atoms with van der Waals surface area (Å²) in [6.45, 7) is 0. The third-order valence-corrected chi connectivity index (χ3v) is 14.7. The van der Waals surface area contributed by atoms with Gasteiger partial charge in [-0.3, -0.25) is 0 Å². The smallest absolute Gasteiger partial charge is 0.207 e. The SMILES string of the molecule is N#CC(C#N)=C1/C(=C/c2cc3sc4cc(/C=C5/C(=C(C#N)C#N)c6ccccc6S5(=O)=O)sc4c3s2)S(=O)(=O)c2ccccc21. The van der Waals surface area contributed by atoms with E-state index in [9.17, 15) is 37.9 Å². The maximum atomic E-state index is 13.5. The quantitative estimate of drug-likeness (QED) is 0.174. The molecular formula is C32H12N4O4S5. The van der Waals surface area contributed by atoms with Crippen molar-refractivity contribution in [2.24, 2.45) is 0 Å². The third-order valence-electron chi connectivity index (χ3n) is 7.32. The first kappa shape index (κ1) is 28.6. The van der Waals surface area contributed by atoms with Crippen molar-refractivity contribution in [1.82, 2.24) is 0 Å². The van der Waals surface area contributed by atoms with Gasteiger partial charge >= 0.3 is 0 Å². The van der Waals surface area contributed by atoms with Gasteiger partial charge in [0.2, 0.25) is 19.7 Å². The molecule has 0 amide bonds. The Bertz CT molecular complexity index is 2500. The molecule has 8 nitrogen and oxygen atoms in total. The molecule has 0 N–H and O–H groups in total. The minimum absolute atomic E-state index is 0.0410. The van der Waals surface area contributed by atoms with E-state index < -0.39 is 19.7 Å². The fourth-order valence-corrected chi connectivity index (χ4v) is 13.0. The summed E-state index contributed by atoms with van der Waals surface area (Å²) in [6.07, 6.45) is 2.98. The lowest BCUT2D eigenvalue weighted by Gasteiger charge is -2.01. The van der Waals surface area contributed by atoms with Gasteiger partial charge in [-0.2, -0.15) is 21.0 Å². The van der Waals surface area contributed by atoms with Crippen molar-refractivity contribution in [3.8, 4) is 24.3 Å². The maximum absolute atomic E-state index is 13.5. The summed E-state index contributed by atoms with van der Waals surface area (Å²) in [6, 6.07) is 23.6. The second-order valence-electron chi connectivity index (χ2n) is 9.75. The molecule has 0 saturated heterocycles. The lowest BCUT2D eigenvalue weighted by molar-refractivity contribution is 0.603. The van der Waals surface area contributed by atoms with Gasteiger partial charge < -0.3 is 0 Å². The Labute approximate surface area is 268 Å². The summed E-state index contributed by atoms with van der Waals surface area (Å²) < 4.78 is 57.6. The fraction of sp³-hybridized carbons (Fsp3) is 0. The first-order valence-corrected chi connectivity index (χ1v) is 18.2. The van der Waals surface area contributed by atoms with Crippen LogP contribution in [0.2, 0.25) is 0 Å². The number of hydrogen-bond donors (Lipinski definition) is 0. The van der Waals surface area contributed by atoms with Gasteiger partial charge in [0.05, 0.1) is 29.0 Å². The molecule has 2 aliphatic rings. The molecule has 3 aromatic heterocycles. The van der Waals surface area contributed by atoms with Crippen LogP contribution in [0.15, 0.2) is 91.4 Å². The van der Waals surface area contributed by atoms with E-state index >= 15 is 0 Å². The zero-order valence-electron chi connectivity index (χ0n) is 22.4. The van der Waals surface area contributed by atoms with Crippen LogP contribution in [0.1, 0.15) is 20.9 Å². The average Bonchev–Trinajstić information content (AvgIpc) is 3.78. The van der Waals surface area contributed by atoms with Crippen molar-refractivity contribution in [3.05, 3.63) is 103 Å². The Hall–Kier alpha value is -5.12. The van der Waals surface area contributed by atoms with E-state index in [1.54, 1.807) is 36.4 Å². The van der Waals surface area contributed by atoms with E-state index in [4.69, 9.17) is 0 Å². The van der Waals surface area contributed by atoms with Crippen LogP contribution >= 0.6 is 34.0 Å². The number of allylic oxidation sites excluding steroid dienone is 4. The Kier molecular flexibility index (Phi) is 6.50. The summed E-state index contributed by atoms with van der Waals surface area (Å²) in [5.74, 6) is 0. The second-order valence-corrected chi connectivity index (χ2v) is 16.8. The van der Waals surface area contributed by atoms with E-state index in [1.165, 1.54) is 58.3 Å². The van der Waals surface area contributed by atoms with Gasteiger partial charge in [0.1, 0.15) is 35.4 Å². The van der Waals surface area contributed by atoms with Crippen LogP contribution in [0.4, 0.5) is 0 Å². The van der Waals surface area contributed by atoms with Gasteiger partial charge in [0, 0.05) is 41.4 Å². The normalized spacial score (nSPS) is 17.5. The third kappa shape index (κ3) is 4.15. The lowest BCUT2D eigenvalue weighted by Crippen LogP contribution is -1.98. The van der Waals surface area contributed by atoms with Crippen LogP contribution in [0.5, 0.6) is 0 Å². The molecule has 0 radical (unpaired) electrons. The number of nitriles is 4. The molecule has 5 heterocycles. The van der Waals surface area contributed by atoms with Crippen LogP contribution in [-0.4, -0.2) is 16.8 Å². The van der Waals surface area contributed by atoms with E-state index in [-0.39, 0.29) is 41.9 Å². The largest absolute Gasteiger partial charge is 0.218 e. The molecule has 0 aliphatic carbocycles. The minimum Gasteiger partial charge on any atom is -0.218 e. The number of rotatable bonds is 2. The van der Waals surface area contributed by atoms with Crippen LogP contribution < -0.4 is 0 Å². The standard InChI is InChI=1S/C32H12N4O4S5/c33-13-17(14-34)29-21-5-1-3-7-25(21)44(37,38)27(29)11-19-9-23-31(41-19)32-24(43-23)10-20(42-32)12-28-30(18(15-35)16-36)22-6-2-4-8-26(22)45(28,39)40/h1-12H/b27-11-,28-12-. The molecule has 0 unspecified atom stereocenters. The Morgan fingerprint density at radius 1 is 0.578 bits per heavy atom. The van der Waals surface area contributed by atoms with Crippen molar-refractivity contribution in [2.45, 2.75) is 9.79 Å². The molecule has 0 fully saturated rings. The first-order chi connectivity index (χ1) is 21.6. The number of sulfone groups is 2. The summed E-state index contributed by atoms with van der Waals surface area (Å²) in [5.41, 5.74) is 0.206. The molecule has 5 aromatic rings. The fourth-order valence-electron chi connectivity index (χ4n) is 5.45. The highest BCUT2D eigenvalue weighted by atomic mass is 32.2. The van der Waals surface area contributed by atoms with Crippen molar-refractivity contribution in [1.29, 1.82) is 21.0 Å². The van der Waals surface area contributed by atoms with Crippen molar-refractivity contribution >= 4 is 95.8 Å². The van der Waals surface area contributed by atoms with Crippen LogP contribution in [-0.2, 0) is 19.7 Å². The highest BCUT2D eigenvalue weighted by Gasteiger charge is 2.39. The average molecular weight is 677 g/mol. The van der Waals surface area contributed by atoms with Crippen molar-refractivity contribution in [3.63, 3.8) is 0 Å². The van der Waals surface area contributed by atoms with Gasteiger partial charge in [0.15, 0.2) is 0 Å². The molecular weight excluding hydrogens is 665 g/mol. The Morgan fingerprint density at radius 2 is 0.956 bits per heavy atom. The molecule has 0 saturated carbocycles. The number of fused-ring (bicyclic) bond motifs is 5. The molecule has 0 bridgehead atoms. The summed E-state index contributed by atoms with van der Waals surface area (Å²) in [7, 11) is -7.97. The lowest BCUT2D eigenvalue weighted by atomic mass is 10.0. The van der Waals surface area contributed by atoms with E-state index in [0.29, 0.717) is 20.9 Å². The summed E-state index contributed by atoms with van der Waals surface area (Å²) in [4.78, 5) is 1.08. The minimum atomic E-state index is -3.98. The zero-order chi connectivity index (χ0) is 31.7. The molecule has 0 atom stereocenters. The monoisotopic (exact) mass is 676 g/mol. The first-order valence-electron chi connectivity index (χ1n) is 12.8. The molecule has 214 valence electrons. The molecule has 13 heteroatoms. The van der Waals surface area contributed by atoms with Gasteiger partial charge in [-0.25, -0.2) is 16.8 Å². The predicted octanol–water partition coefficient (Wildman–Crippen LogP) is 7.44. The van der Waals surface area contributed by atoms with Crippen LogP contribution in [0, 0.1) is 45.3 Å². The van der Waals surface area contributed by atoms with E-state index in [2.05, 4.69) is 0 Å². The van der Waals surface area contributed by atoms with Gasteiger partial charge in [0.25, 0.3) is 0 Å². The zero-order valence-corrected chi connectivity index (χ0v) is 26.5. The molecule has 2 aromatic carbocycles. The Balaban J connectivity index is 1.37. The summed E-state index contributed by atoms with van der Waals surface area (Å²) >= 11 is 4.14. The van der Waals surface area contributed by atoms with Crippen molar-refractivity contribution in [2.75, 3.05) is 0 Å². The maximum Gasteiger partial charge on any atom is 0.207 e. The summed E-state index contributed by atoms with van der Waals surface area (Å²) in [5, 5.41) is 38.4. The second kappa shape index (κ2) is 10.2. The number of thiophene rings is 3. The van der Waals surface area contributed by atoms with Gasteiger partial charge in [-0.1, -0.05) is 36.4 Å². The molecule has 2 aliphatic heterocycles. The highest BCUT2D eigenvalue weighted by molar-refractivity contribution is 7.97. The predicted molar refractivity (Wildman–Crippen MR) is 175 cm³/mol. The Morgan fingerprint density at radius 3 is 1.33 bits per heavy atom. The number of hydrogen-bond acceptors (Lipinski definition) is 11. The van der Waals surface area contributed by atoms with E-state index in [0.717, 1.165) is 18.8 Å². The van der Waals surface area contributed by atoms with Gasteiger partial charge in [-0.05, 0) is 36.4 Å². The topological polar surface area (TPSA) is 163 Å². The van der Waals surface area contributed by atoms with E-state index in [1.807, 2.05) is 36.4 Å². The van der Waals surface area contributed by atoms with Crippen LogP contribution in [0.25, 0.3) is 42.1 Å². The molecule has 45 heavy (non-hydrogen) atoms. The molecule has 7 rings (SSSR count). The van der Waals surface area contributed by atoms with Gasteiger partial charge in [-0.15, -0.1) is 34.0 Å². The highest BCUT2D eigenvalue weighted by Crippen LogP contribution is 2.50.